The number of hydrogen-bond donors (Lipinski definition) is 1. The van der Waals surface area contributed by atoms with Crippen LogP contribution in [0.4, 0.5) is 4.79 Å². The Balaban J connectivity index is 1.34. The molecule has 9 nitrogen and oxygen atoms in total. The van der Waals surface area contributed by atoms with Crippen molar-refractivity contribution >= 4 is 17.8 Å². The van der Waals surface area contributed by atoms with E-state index in [0.29, 0.717) is 42.4 Å². The molecule has 0 saturated carbocycles. The quantitative estimate of drug-likeness (QED) is 0.423. The summed E-state index contributed by atoms with van der Waals surface area (Å²) >= 11 is 0. The second-order valence-electron chi connectivity index (χ2n) is 11.0. The molecule has 43 heavy (non-hydrogen) atoms. The van der Waals surface area contributed by atoms with E-state index in [-0.39, 0.29) is 24.4 Å². The molecule has 1 saturated heterocycles. The van der Waals surface area contributed by atoms with E-state index >= 15 is 0 Å². The molecule has 9 heteroatoms. The van der Waals surface area contributed by atoms with Crippen LogP contribution in [0.15, 0.2) is 96.2 Å². The number of carbonyl (C=O) groups excluding carboxylic acids is 3. The lowest BCUT2D eigenvalue weighted by atomic mass is 9.95. The molecule has 0 spiro atoms. The number of para-hydroxylation sites is 1. The van der Waals surface area contributed by atoms with Gasteiger partial charge in [-0.05, 0) is 48.9 Å². The van der Waals surface area contributed by atoms with E-state index in [1.807, 2.05) is 96.8 Å². The van der Waals surface area contributed by atoms with Crippen LogP contribution in [0.5, 0.6) is 11.5 Å². The van der Waals surface area contributed by atoms with Gasteiger partial charge in [-0.25, -0.2) is 4.79 Å². The summed E-state index contributed by atoms with van der Waals surface area (Å²) in [5, 5.41) is 3.05. The SMILES string of the molecule is CCN1CCN(C(=O)[C@H](c2ccccc2)N2CC3=C(C2=O)[C@H](c2cccc(Oc4ccccc4)c2)NC(=O)N3CC)CC1. The first-order valence-electron chi connectivity index (χ1n) is 15.0. The smallest absolute Gasteiger partial charge is 0.322 e. The highest BCUT2D eigenvalue weighted by Crippen LogP contribution is 2.41. The zero-order chi connectivity index (χ0) is 29.9. The van der Waals surface area contributed by atoms with E-state index in [1.165, 1.54) is 0 Å². The van der Waals surface area contributed by atoms with Crippen LogP contribution in [-0.2, 0) is 9.59 Å². The van der Waals surface area contributed by atoms with Crippen LogP contribution in [0.25, 0.3) is 0 Å². The highest BCUT2D eigenvalue weighted by molar-refractivity contribution is 6.04. The summed E-state index contributed by atoms with van der Waals surface area (Å²) in [7, 11) is 0. The third-order valence-corrected chi connectivity index (χ3v) is 8.53. The first-order chi connectivity index (χ1) is 21.0. The predicted octanol–water partition coefficient (Wildman–Crippen LogP) is 4.57. The topological polar surface area (TPSA) is 85.4 Å². The van der Waals surface area contributed by atoms with Gasteiger partial charge < -0.3 is 24.8 Å². The van der Waals surface area contributed by atoms with E-state index < -0.39 is 12.1 Å². The second-order valence-corrected chi connectivity index (χ2v) is 11.0. The van der Waals surface area contributed by atoms with Crippen molar-refractivity contribution < 1.29 is 19.1 Å². The van der Waals surface area contributed by atoms with Gasteiger partial charge in [-0.3, -0.25) is 14.5 Å². The maximum absolute atomic E-state index is 14.4. The number of benzene rings is 3. The molecule has 2 atom stereocenters. The van der Waals surface area contributed by atoms with Crippen LogP contribution in [-0.4, -0.2) is 83.3 Å². The summed E-state index contributed by atoms with van der Waals surface area (Å²) in [4.78, 5) is 49.5. The summed E-state index contributed by atoms with van der Waals surface area (Å²) < 4.78 is 6.06. The minimum atomic E-state index is -0.797. The highest BCUT2D eigenvalue weighted by atomic mass is 16.5. The average molecular weight is 580 g/mol. The third-order valence-electron chi connectivity index (χ3n) is 8.53. The number of likely N-dealkylation sites (N-methyl/N-ethyl adjacent to an activating group) is 2. The number of nitrogens with one attached hydrogen (secondary N) is 1. The lowest BCUT2D eigenvalue weighted by molar-refractivity contribution is -0.144. The number of piperazine rings is 1. The molecule has 3 heterocycles. The molecule has 6 rings (SSSR count). The third kappa shape index (κ3) is 5.60. The maximum Gasteiger partial charge on any atom is 0.322 e. The fraction of sp³-hybridized carbons (Fsp3) is 0.324. The Hall–Kier alpha value is -4.63. The zero-order valence-electron chi connectivity index (χ0n) is 24.6. The van der Waals surface area contributed by atoms with Gasteiger partial charge in [-0.15, -0.1) is 0 Å². The summed E-state index contributed by atoms with van der Waals surface area (Å²) in [5.41, 5.74) is 2.62. The molecule has 3 aromatic carbocycles. The molecule has 222 valence electrons. The second kappa shape index (κ2) is 12.3. The van der Waals surface area contributed by atoms with Crippen molar-refractivity contribution in [1.29, 1.82) is 0 Å². The maximum atomic E-state index is 14.4. The minimum absolute atomic E-state index is 0.0905. The molecule has 3 aliphatic heterocycles. The molecule has 3 aliphatic rings. The van der Waals surface area contributed by atoms with Crippen LogP contribution in [0, 0.1) is 0 Å². The van der Waals surface area contributed by atoms with Crippen molar-refractivity contribution in [2.24, 2.45) is 0 Å². The molecule has 1 N–H and O–H groups in total. The molecular formula is C34H37N5O4. The van der Waals surface area contributed by atoms with E-state index in [0.717, 1.165) is 30.8 Å². The van der Waals surface area contributed by atoms with Crippen molar-refractivity contribution in [2.45, 2.75) is 25.9 Å². The molecule has 1 fully saturated rings. The number of hydrogen-bond acceptors (Lipinski definition) is 5. The van der Waals surface area contributed by atoms with Crippen LogP contribution in [0.2, 0.25) is 0 Å². The largest absolute Gasteiger partial charge is 0.457 e. The lowest BCUT2D eigenvalue weighted by Gasteiger charge is -2.38. The first-order valence-corrected chi connectivity index (χ1v) is 15.0. The summed E-state index contributed by atoms with van der Waals surface area (Å²) in [5.74, 6) is 0.954. The molecule has 4 amide bonds. The van der Waals surface area contributed by atoms with Crippen LogP contribution >= 0.6 is 0 Å². The number of nitrogens with zero attached hydrogens (tertiary/aromatic N) is 4. The number of ether oxygens (including phenoxy) is 1. The molecule has 0 radical (unpaired) electrons. The average Bonchev–Trinajstić information content (AvgIpc) is 3.38. The Morgan fingerprint density at radius 2 is 1.53 bits per heavy atom. The van der Waals surface area contributed by atoms with Gasteiger partial charge in [0, 0.05) is 32.7 Å². The normalized spacial score (nSPS) is 19.8. The number of rotatable bonds is 8. The van der Waals surface area contributed by atoms with Crippen molar-refractivity contribution in [2.75, 3.05) is 45.8 Å². The summed E-state index contributed by atoms with van der Waals surface area (Å²) in [6.07, 6.45) is 0. The predicted molar refractivity (Wildman–Crippen MR) is 163 cm³/mol. The Morgan fingerprint density at radius 3 is 2.21 bits per heavy atom. The van der Waals surface area contributed by atoms with Gasteiger partial charge in [0.05, 0.1) is 23.9 Å². The van der Waals surface area contributed by atoms with Crippen molar-refractivity contribution in [3.63, 3.8) is 0 Å². The minimum Gasteiger partial charge on any atom is -0.457 e. The first kappa shape index (κ1) is 28.5. The van der Waals surface area contributed by atoms with Crippen molar-refractivity contribution in [3.8, 4) is 11.5 Å². The van der Waals surface area contributed by atoms with E-state index in [2.05, 4.69) is 17.1 Å². The van der Waals surface area contributed by atoms with Crippen LogP contribution in [0.3, 0.4) is 0 Å². The Kier molecular flexibility index (Phi) is 8.16. The Morgan fingerprint density at radius 1 is 0.860 bits per heavy atom. The van der Waals surface area contributed by atoms with Gasteiger partial charge in [0.2, 0.25) is 5.91 Å². The van der Waals surface area contributed by atoms with Gasteiger partial charge in [-0.2, -0.15) is 0 Å². The van der Waals surface area contributed by atoms with Crippen molar-refractivity contribution in [1.82, 2.24) is 24.9 Å². The van der Waals surface area contributed by atoms with Gasteiger partial charge in [0.1, 0.15) is 17.5 Å². The fourth-order valence-corrected chi connectivity index (χ4v) is 6.24. The monoisotopic (exact) mass is 579 g/mol. The van der Waals surface area contributed by atoms with Gasteiger partial charge in [-0.1, -0.05) is 67.6 Å². The molecule has 0 bridgehead atoms. The molecule has 0 unspecified atom stereocenters. The standard InChI is InChI=1S/C34H37N5O4/c1-3-36-18-20-37(21-19-36)33(41)31(24-12-7-5-8-13-24)39-23-28-29(32(39)40)30(35-34(42)38(28)4-2)25-14-11-17-27(22-25)43-26-15-9-6-10-16-26/h5-17,22,30-31H,3-4,18-21,23H2,1-2H3,(H,35,42)/t30-,31-/m0/s1. The fourth-order valence-electron chi connectivity index (χ4n) is 6.24. The van der Waals surface area contributed by atoms with Gasteiger partial charge in [0.15, 0.2) is 0 Å². The molecular weight excluding hydrogens is 542 g/mol. The number of carbonyl (C=O) groups is 3. The van der Waals surface area contributed by atoms with Gasteiger partial charge in [0.25, 0.3) is 5.91 Å². The van der Waals surface area contributed by atoms with Crippen LogP contribution < -0.4 is 10.1 Å². The highest BCUT2D eigenvalue weighted by Gasteiger charge is 2.48. The Bertz CT molecular complexity index is 1520. The molecule has 0 aromatic heterocycles. The number of amides is 4. The van der Waals surface area contributed by atoms with Crippen molar-refractivity contribution in [3.05, 3.63) is 107 Å². The summed E-state index contributed by atoms with van der Waals surface area (Å²) in [6.45, 7) is 8.36. The van der Waals surface area contributed by atoms with E-state index in [9.17, 15) is 14.4 Å². The van der Waals surface area contributed by atoms with E-state index in [1.54, 1.807) is 9.80 Å². The molecule has 0 aliphatic carbocycles. The Labute approximate surface area is 252 Å². The van der Waals surface area contributed by atoms with E-state index in [4.69, 9.17) is 4.74 Å². The summed E-state index contributed by atoms with van der Waals surface area (Å²) in [6, 6.07) is 24.7. The molecule has 3 aromatic rings. The number of urea groups is 1. The lowest BCUT2D eigenvalue weighted by Crippen LogP contribution is -2.52. The van der Waals surface area contributed by atoms with Gasteiger partial charge >= 0.3 is 6.03 Å². The zero-order valence-corrected chi connectivity index (χ0v) is 24.6. The van der Waals surface area contributed by atoms with Crippen LogP contribution in [0.1, 0.15) is 37.1 Å².